The SMILES string of the molecule is N#CCCn1cc(-c2cnc3c(Nc4ccc(C(=O)N5CCN(C(=O)N[C@H]6CCNC6)CC5)c(Cl)c4)nccn23)c(C(F)(F)F)n1. The Morgan fingerprint density at radius 2 is 1.93 bits per heavy atom. The molecule has 0 radical (unpaired) electrons. The minimum atomic E-state index is -4.73. The van der Waals surface area contributed by atoms with Gasteiger partial charge in [0.15, 0.2) is 17.2 Å². The van der Waals surface area contributed by atoms with Gasteiger partial charge in [0.1, 0.15) is 0 Å². The van der Waals surface area contributed by atoms with Crippen LogP contribution < -0.4 is 16.0 Å². The normalized spacial score (nSPS) is 16.9. The fraction of sp³-hybridized carbons (Fsp3) is 0.379. The van der Waals surface area contributed by atoms with Crippen molar-refractivity contribution in [3.05, 3.63) is 59.3 Å². The number of alkyl halides is 3. The van der Waals surface area contributed by atoms with E-state index in [0.29, 0.717) is 37.4 Å². The van der Waals surface area contributed by atoms with Gasteiger partial charge in [0, 0.05) is 63.0 Å². The first-order chi connectivity index (χ1) is 22.1. The summed E-state index contributed by atoms with van der Waals surface area (Å²) in [4.78, 5) is 37.8. The van der Waals surface area contributed by atoms with E-state index >= 15 is 0 Å². The second kappa shape index (κ2) is 12.9. The van der Waals surface area contributed by atoms with Crippen LogP contribution in [0.1, 0.15) is 28.9 Å². The van der Waals surface area contributed by atoms with Gasteiger partial charge in [0.05, 0.1) is 47.1 Å². The third-order valence-electron chi connectivity index (χ3n) is 7.89. The van der Waals surface area contributed by atoms with Gasteiger partial charge in [-0.2, -0.15) is 23.5 Å². The van der Waals surface area contributed by atoms with Crippen LogP contribution >= 0.6 is 11.6 Å². The molecule has 3 amide bonds. The van der Waals surface area contributed by atoms with Crippen molar-refractivity contribution in [2.45, 2.75) is 31.6 Å². The number of nitrogens with zero attached hydrogens (tertiary/aromatic N) is 8. The summed E-state index contributed by atoms with van der Waals surface area (Å²) in [6.07, 6.45) is 1.61. The Morgan fingerprint density at radius 3 is 2.63 bits per heavy atom. The number of amides is 3. The summed E-state index contributed by atoms with van der Waals surface area (Å²) < 4.78 is 44.1. The molecule has 2 fully saturated rings. The van der Waals surface area contributed by atoms with E-state index in [-0.39, 0.29) is 58.7 Å². The van der Waals surface area contributed by atoms with Crippen molar-refractivity contribution in [2.24, 2.45) is 0 Å². The lowest BCUT2D eigenvalue weighted by Gasteiger charge is -2.35. The van der Waals surface area contributed by atoms with E-state index < -0.39 is 11.9 Å². The highest BCUT2D eigenvalue weighted by molar-refractivity contribution is 6.34. The highest BCUT2D eigenvalue weighted by Gasteiger charge is 2.38. The van der Waals surface area contributed by atoms with Crippen molar-refractivity contribution in [3.8, 4) is 17.3 Å². The van der Waals surface area contributed by atoms with Crippen LogP contribution in [0.25, 0.3) is 16.9 Å². The topological polar surface area (TPSA) is 149 Å². The van der Waals surface area contributed by atoms with Gasteiger partial charge >= 0.3 is 12.2 Å². The molecule has 0 saturated carbocycles. The van der Waals surface area contributed by atoms with E-state index in [1.807, 2.05) is 6.07 Å². The minimum absolute atomic E-state index is 0.00442. The average Bonchev–Trinajstić information content (AvgIpc) is 3.80. The molecule has 0 unspecified atom stereocenters. The van der Waals surface area contributed by atoms with E-state index in [1.54, 1.807) is 28.0 Å². The largest absolute Gasteiger partial charge is 0.435 e. The van der Waals surface area contributed by atoms with E-state index in [9.17, 15) is 22.8 Å². The number of carbonyl (C=O) groups excluding carboxylic acids is 2. The first kappa shape index (κ1) is 31.1. The third-order valence-corrected chi connectivity index (χ3v) is 8.20. The summed E-state index contributed by atoms with van der Waals surface area (Å²) in [5, 5.41) is 22.0. The maximum absolute atomic E-state index is 13.9. The Balaban J connectivity index is 1.15. The number of aromatic nitrogens is 5. The van der Waals surface area contributed by atoms with Gasteiger partial charge in [-0.1, -0.05) is 11.6 Å². The Bertz CT molecular complexity index is 1800. The fourth-order valence-electron chi connectivity index (χ4n) is 5.53. The molecule has 0 bridgehead atoms. The Morgan fingerprint density at radius 1 is 1.15 bits per heavy atom. The summed E-state index contributed by atoms with van der Waals surface area (Å²) in [6, 6.07) is 6.68. The van der Waals surface area contributed by atoms with Gasteiger partial charge < -0.3 is 25.8 Å². The maximum Gasteiger partial charge on any atom is 0.435 e. The molecule has 0 aliphatic carbocycles. The van der Waals surface area contributed by atoms with Crippen molar-refractivity contribution in [1.29, 1.82) is 5.26 Å². The molecule has 3 aromatic heterocycles. The van der Waals surface area contributed by atoms with Crippen molar-refractivity contribution < 1.29 is 22.8 Å². The minimum Gasteiger partial charge on any atom is -0.337 e. The highest BCUT2D eigenvalue weighted by Crippen LogP contribution is 2.37. The molecule has 2 aliphatic heterocycles. The van der Waals surface area contributed by atoms with Crippen LogP contribution in [0, 0.1) is 11.3 Å². The molecule has 46 heavy (non-hydrogen) atoms. The molecule has 2 saturated heterocycles. The van der Waals surface area contributed by atoms with Crippen molar-refractivity contribution in [2.75, 3.05) is 44.6 Å². The number of halogens is 4. The van der Waals surface area contributed by atoms with Crippen LogP contribution in [0.15, 0.2) is 43.0 Å². The summed E-state index contributed by atoms with van der Waals surface area (Å²) in [5.41, 5.74) is -0.106. The number of imidazole rings is 1. The van der Waals surface area contributed by atoms with Crippen LogP contribution in [0.2, 0.25) is 5.02 Å². The number of nitrogens with one attached hydrogen (secondary N) is 3. The zero-order chi connectivity index (χ0) is 32.4. The van der Waals surface area contributed by atoms with Crippen LogP contribution in [-0.2, 0) is 12.7 Å². The second-order valence-corrected chi connectivity index (χ2v) is 11.3. The standard InChI is InChI=1S/C29H29ClF3N11O2/c30-22-14-18(2-3-20(22)27(45)41-10-12-42(13-11-41)28(46)39-19-4-6-35-15-19)38-25-26-37-16-23(44(26)9-7-36-25)21-17-43(8-1-5-34)40-24(21)29(31,32)33/h2-3,7,9,14,16-17,19,35H,1,4,6,8,10-13,15H2,(H,36,38)(H,39,46)/t19-/m0/s1. The van der Waals surface area contributed by atoms with Crippen LogP contribution in [0.4, 0.5) is 29.5 Å². The number of fused-ring (bicyclic) bond motifs is 1. The summed E-state index contributed by atoms with van der Waals surface area (Å²) >= 11 is 6.54. The predicted molar refractivity (Wildman–Crippen MR) is 161 cm³/mol. The van der Waals surface area contributed by atoms with Gasteiger partial charge in [-0.3, -0.25) is 13.9 Å². The molecular weight excluding hydrogens is 627 g/mol. The van der Waals surface area contributed by atoms with E-state index in [0.717, 1.165) is 24.2 Å². The Labute approximate surface area is 265 Å². The van der Waals surface area contributed by atoms with Crippen LogP contribution in [-0.4, -0.2) is 91.2 Å². The number of urea groups is 1. The fourth-order valence-corrected chi connectivity index (χ4v) is 5.80. The molecule has 240 valence electrons. The average molecular weight is 656 g/mol. The summed E-state index contributed by atoms with van der Waals surface area (Å²) in [5.74, 6) is -0.0115. The molecule has 4 aromatic rings. The number of benzene rings is 1. The quantitative estimate of drug-likeness (QED) is 0.273. The third kappa shape index (κ3) is 6.42. The number of rotatable bonds is 7. The van der Waals surface area contributed by atoms with Crippen molar-refractivity contribution >= 4 is 40.7 Å². The summed E-state index contributed by atoms with van der Waals surface area (Å²) in [6.45, 7) is 3.19. The number of piperazine rings is 1. The molecule has 1 aromatic carbocycles. The van der Waals surface area contributed by atoms with Gasteiger partial charge in [0.2, 0.25) is 0 Å². The number of nitriles is 1. The number of hydrogen-bond acceptors (Lipinski definition) is 8. The van der Waals surface area contributed by atoms with Gasteiger partial charge in [-0.25, -0.2) is 14.8 Å². The van der Waals surface area contributed by atoms with Gasteiger partial charge in [-0.05, 0) is 31.2 Å². The number of aryl methyl sites for hydroxylation is 1. The first-order valence-corrected chi connectivity index (χ1v) is 15.0. The van der Waals surface area contributed by atoms with E-state index in [4.69, 9.17) is 16.9 Å². The van der Waals surface area contributed by atoms with Gasteiger partial charge in [-0.15, -0.1) is 0 Å². The van der Waals surface area contributed by atoms with Crippen molar-refractivity contribution in [3.63, 3.8) is 0 Å². The Kier molecular flexibility index (Phi) is 8.69. The zero-order valence-corrected chi connectivity index (χ0v) is 25.1. The monoisotopic (exact) mass is 655 g/mol. The zero-order valence-electron chi connectivity index (χ0n) is 24.4. The predicted octanol–water partition coefficient (Wildman–Crippen LogP) is 3.75. The number of anilines is 2. The molecule has 2 aliphatic rings. The molecule has 0 spiro atoms. The molecule has 6 rings (SSSR count). The smallest absolute Gasteiger partial charge is 0.337 e. The maximum atomic E-state index is 13.9. The lowest BCUT2D eigenvalue weighted by Crippen LogP contribution is -2.54. The molecule has 5 heterocycles. The Hall–Kier alpha value is -4.88. The van der Waals surface area contributed by atoms with Crippen LogP contribution in [0.3, 0.4) is 0 Å². The number of hydrogen-bond donors (Lipinski definition) is 3. The molecule has 1 atom stereocenters. The van der Waals surface area contributed by atoms with E-state index in [2.05, 4.69) is 31.0 Å². The first-order valence-electron chi connectivity index (χ1n) is 14.6. The van der Waals surface area contributed by atoms with Crippen molar-refractivity contribution in [1.82, 2.24) is 44.6 Å². The molecular formula is C29H29ClF3N11O2. The lowest BCUT2D eigenvalue weighted by molar-refractivity contribution is -0.141. The molecule has 13 nitrogen and oxygen atoms in total. The summed E-state index contributed by atoms with van der Waals surface area (Å²) in [7, 11) is 0. The molecule has 3 N–H and O–H groups in total. The van der Waals surface area contributed by atoms with Gasteiger partial charge in [0.25, 0.3) is 5.91 Å². The second-order valence-electron chi connectivity index (χ2n) is 10.9. The molecule has 17 heteroatoms. The van der Waals surface area contributed by atoms with E-state index in [1.165, 1.54) is 29.2 Å². The van der Waals surface area contributed by atoms with Crippen LogP contribution in [0.5, 0.6) is 0 Å². The highest BCUT2D eigenvalue weighted by atomic mass is 35.5. The lowest BCUT2D eigenvalue weighted by atomic mass is 10.1. The number of carbonyl (C=O) groups is 2.